The molecule has 0 bridgehead atoms. The van der Waals surface area contributed by atoms with Crippen molar-refractivity contribution in [2.45, 2.75) is 12.2 Å². The first-order valence-electron chi connectivity index (χ1n) is 5.52. The summed E-state index contributed by atoms with van der Waals surface area (Å²) in [5, 5.41) is 0. The molecule has 0 amide bonds. The van der Waals surface area contributed by atoms with Gasteiger partial charge in [-0.3, -0.25) is 4.57 Å². The highest BCUT2D eigenvalue weighted by molar-refractivity contribution is 7.54. The monoisotopic (exact) mass is 326 g/mol. The van der Waals surface area contributed by atoms with E-state index in [1.807, 2.05) is 0 Å². The van der Waals surface area contributed by atoms with Crippen LogP contribution in [0.4, 0.5) is 13.2 Å². The van der Waals surface area contributed by atoms with E-state index in [4.69, 9.17) is 13.8 Å². The van der Waals surface area contributed by atoms with E-state index in [0.29, 0.717) is 0 Å². The first kappa shape index (κ1) is 15.8. The van der Waals surface area contributed by atoms with E-state index in [0.717, 1.165) is 32.4 Å². The molecule has 6 nitrogen and oxygen atoms in total. The molecule has 0 saturated carbocycles. The highest BCUT2D eigenvalue weighted by atomic mass is 31.2. The number of hydrogen-bond acceptors (Lipinski definition) is 6. The van der Waals surface area contributed by atoms with E-state index in [9.17, 15) is 22.5 Å². The van der Waals surface area contributed by atoms with Gasteiger partial charge in [0.05, 0.1) is 5.56 Å². The van der Waals surface area contributed by atoms with Crippen LogP contribution >= 0.6 is 7.60 Å². The summed E-state index contributed by atoms with van der Waals surface area (Å²) in [6, 6.07) is 2.97. The lowest BCUT2D eigenvalue weighted by Crippen LogP contribution is -2.17. The maximum Gasteiger partial charge on any atom is 0.573 e. The van der Waals surface area contributed by atoms with Gasteiger partial charge >= 0.3 is 19.9 Å². The zero-order valence-corrected chi connectivity index (χ0v) is 11.7. The average molecular weight is 326 g/mol. The van der Waals surface area contributed by atoms with Gasteiger partial charge in [0.25, 0.3) is 0 Å². The Kier molecular flexibility index (Phi) is 4.01. The second kappa shape index (κ2) is 5.32. The fourth-order valence-corrected chi connectivity index (χ4v) is 3.17. The van der Waals surface area contributed by atoms with Crippen LogP contribution in [-0.2, 0) is 18.3 Å². The molecule has 1 aliphatic rings. The minimum atomic E-state index is -4.89. The molecule has 1 unspecified atom stereocenters. The maximum absolute atomic E-state index is 12.3. The summed E-state index contributed by atoms with van der Waals surface area (Å²) in [6.07, 6.45) is -4.89. The van der Waals surface area contributed by atoms with Crippen molar-refractivity contribution < 1.29 is 41.1 Å². The molecule has 1 aromatic rings. The minimum absolute atomic E-state index is 0.0242. The van der Waals surface area contributed by atoms with Crippen molar-refractivity contribution in [1.29, 1.82) is 0 Å². The van der Waals surface area contributed by atoms with E-state index in [-0.39, 0.29) is 11.1 Å². The van der Waals surface area contributed by atoms with Crippen LogP contribution in [0.15, 0.2) is 18.2 Å². The van der Waals surface area contributed by atoms with Gasteiger partial charge in [0.1, 0.15) is 5.75 Å². The SMILES string of the molecule is COP(=O)(OC)C1OC(=O)c2ccc(OC(F)(F)F)cc21. The first-order chi connectivity index (χ1) is 9.70. The summed E-state index contributed by atoms with van der Waals surface area (Å²) in [5.41, 5.74) is -0.0716. The zero-order valence-electron chi connectivity index (χ0n) is 10.8. The second-order valence-corrected chi connectivity index (χ2v) is 6.24. The predicted octanol–water partition coefficient (Wildman–Crippen LogP) is 3.24. The Morgan fingerprint density at radius 2 is 1.86 bits per heavy atom. The van der Waals surface area contributed by atoms with Gasteiger partial charge in [-0.1, -0.05) is 0 Å². The smallest absolute Gasteiger partial charge is 0.441 e. The molecule has 1 aromatic carbocycles. The molecule has 21 heavy (non-hydrogen) atoms. The van der Waals surface area contributed by atoms with Crippen molar-refractivity contribution in [3.63, 3.8) is 0 Å². The largest absolute Gasteiger partial charge is 0.573 e. The van der Waals surface area contributed by atoms with Gasteiger partial charge in [0, 0.05) is 19.8 Å². The summed E-state index contributed by atoms with van der Waals surface area (Å²) in [4.78, 5) is 11.6. The standard InChI is InChI=1S/C11H10F3O6P/c1-17-21(16,18-2)10-8-5-6(20-11(12,13)14)3-4-7(8)9(15)19-10/h3-5,10H,1-2H3. The molecule has 2 rings (SSSR count). The Bertz CT molecular complexity index is 606. The summed E-state index contributed by atoms with van der Waals surface area (Å²) in [7, 11) is -1.70. The molecule has 0 saturated heterocycles. The highest BCUT2D eigenvalue weighted by Gasteiger charge is 2.46. The number of carbonyl (C=O) groups excluding carboxylic acids is 1. The Hall–Kier alpha value is -1.57. The molecule has 116 valence electrons. The Balaban J connectivity index is 2.45. The molecule has 0 aromatic heterocycles. The molecular weight excluding hydrogens is 316 g/mol. The Morgan fingerprint density at radius 1 is 1.24 bits per heavy atom. The average Bonchev–Trinajstić information content (AvgIpc) is 2.73. The zero-order chi connectivity index (χ0) is 15.8. The lowest BCUT2D eigenvalue weighted by atomic mass is 10.1. The summed E-state index contributed by atoms with van der Waals surface area (Å²) in [5.74, 6) is -2.84. The van der Waals surface area contributed by atoms with Crippen molar-refractivity contribution >= 4 is 13.6 Å². The van der Waals surface area contributed by atoms with Crippen LogP contribution in [0, 0.1) is 0 Å². The number of hydrogen-bond donors (Lipinski definition) is 0. The maximum atomic E-state index is 12.3. The molecule has 1 heterocycles. The van der Waals surface area contributed by atoms with Crippen molar-refractivity contribution in [2.75, 3.05) is 14.2 Å². The fraction of sp³-hybridized carbons (Fsp3) is 0.364. The van der Waals surface area contributed by atoms with Gasteiger partial charge < -0.3 is 18.5 Å². The van der Waals surface area contributed by atoms with Crippen LogP contribution in [0.5, 0.6) is 5.75 Å². The Labute approximate surface area is 117 Å². The summed E-state index contributed by atoms with van der Waals surface area (Å²) >= 11 is 0. The van der Waals surface area contributed by atoms with E-state index < -0.39 is 31.5 Å². The number of esters is 1. The first-order valence-corrected chi connectivity index (χ1v) is 7.13. The lowest BCUT2D eigenvalue weighted by molar-refractivity contribution is -0.274. The van der Waals surface area contributed by atoms with Crippen LogP contribution in [0.2, 0.25) is 0 Å². The van der Waals surface area contributed by atoms with E-state index in [1.54, 1.807) is 0 Å². The number of alkyl halides is 3. The van der Waals surface area contributed by atoms with Gasteiger partial charge in [-0.2, -0.15) is 0 Å². The van der Waals surface area contributed by atoms with E-state index in [2.05, 4.69) is 4.74 Å². The topological polar surface area (TPSA) is 71.1 Å². The molecular formula is C11H10F3O6P. The minimum Gasteiger partial charge on any atom is -0.441 e. The van der Waals surface area contributed by atoms with Gasteiger partial charge in [-0.05, 0) is 18.2 Å². The van der Waals surface area contributed by atoms with Crippen LogP contribution in [0.1, 0.15) is 21.8 Å². The van der Waals surface area contributed by atoms with Crippen molar-refractivity contribution in [2.24, 2.45) is 0 Å². The summed E-state index contributed by atoms with van der Waals surface area (Å²) < 4.78 is 66.9. The number of rotatable bonds is 4. The van der Waals surface area contributed by atoms with Crippen molar-refractivity contribution in [3.8, 4) is 5.75 Å². The molecule has 0 spiro atoms. The van der Waals surface area contributed by atoms with Crippen molar-refractivity contribution in [3.05, 3.63) is 29.3 Å². The molecule has 10 heteroatoms. The van der Waals surface area contributed by atoms with E-state index >= 15 is 0 Å². The molecule has 0 fully saturated rings. The third-order valence-corrected chi connectivity index (χ3v) is 4.73. The van der Waals surface area contributed by atoms with Crippen LogP contribution in [0.25, 0.3) is 0 Å². The molecule has 1 atom stereocenters. The number of ether oxygens (including phenoxy) is 2. The molecule has 0 aliphatic carbocycles. The molecule has 0 N–H and O–H groups in total. The third-order valence-electron chi connectivity index (χ3n) is 2.76. The third kappa shape index (κ3) is 3.04. The van der Waals surface area contributed by atoms with Crippen LogP contribution in [0.3, 0.4) is 0 Å². The second-order valence-electron chi connectivity index (χ2n) is 3.96. The number of fused-ring (bicyclic) bond motifs is 1. The predicted molar refractivity (Wildman–Crippen MR) is 62.9 cm³/mol. The van der Waals surface area contributed by atoms with Crippen LogP contribution < -0.4 is 4.74 Å². The number of benzene rings is 1. The normalized spacial score (nSPS) is 18.3. The lowest BCUT2D eigenvalue weighted by Gasteiger charge is -2.20. The Morgan fingerprint density at radius 3 is 2.38 bits per heavy atom. The van der Waals surface area contributed by atoms with Crippen molar-refractivity contribution in [1.82, 2.24) is 0 Å². The highest BCUT2D eigenvalue weighted by Crippen LogP contribution is 2.63. The van der Waals surface area contributed by atoms with Crippen LogP contribution in [-0.4, -0.2) is 26.6 Å². The number of carbonyl (C=O) groups is 1. The fourth-order valence-electron chi connectivity index (χ4n) is 1.86. The number of cyclic esters (lactones) is 1. The van der Waals surface area contributed by atoms with Gasteiger partial charge in [0.2, 0.25) is 5.85 Å². The van der Waals surface area contributed by atoms with E-state index in [1.165, 1.54) is 0 Å². The molecule has 0 radical (unpaired) electrons. The summed E-state index contributed by atoms with van der Waals surface area (Å²) in [6.45, 7) is 0. The quantitative estimate of drug-likeness (QED) is 0.625. The molecule has 1 aliphatic heterocycles. The van der Waals surface area contributed by atoms with Gasteiger partial charge in [-0.15, -0.1) is 13.2 Å². The van der Waals surface area contributed by atoms with Gasteiger partial charge in [0.15, 0.2) is 0 Å². The number of halogens is 3. The van der Waals surface area contributed by atoms with Gasteiger partial charge in [-0.25, -0.2) is 4.79 Å².